The molecular weight excluding hydrogens is 771 g/mol. The summed E-state index contributed by atoms with van der Waals surface area (Å²) in [5.74, 6) is -5.46. The van der Waals surface area contributed by atoms with Gasteiger partial charge in [-0.1, -0.05) is 51.1 Å². The van der Waals surface area contributed by atoms with Crippen molar-refractivity contribution in [1.82, 2.24) is 24.8 Å². The molecule has 0 spiro atoms. The van der Waals surface area contributed by atoms with Gasteiger partial charge < -0.3 is 43.6 Å². The van der Waals surface area contributed by atoms with Crippen molar-refractivity contribution >= 4 is 40.6 Å². The van der Waals surface area contributed by atoms with Crippen molar-refractivity contribution in [3.63, 3.8) is 0 Å². The second kappa shape index (κ2) is 18.6. The van der Waals surface area contributed by atoms with Gasteiger partial charge in [0.25, 0.3) is 0 Å². The van der Waals surface area contributed by atoms with Crippen LogP contribution in [0, 0.1) is 23.7 Å². The number of aliphatic hydroxyl groups excluding tert-OH is 1. The van der Waals surface area contributed by atoms with Gasteiger partial charge in [0.05, 0.1) is 48.2 Å². The van der Waals surface area contributed by atoms with Crippen LogP contribution in [0.2, 0.25) is 0 Å². The van der Waals surface area contributed by atoms with Crippen molar-refractivity contribution < 1.29 is 48.0 Å². The highest BCUT2D eigenvalue weighted by molar-refractivity contribution is 6.00. The highest BCUT2D eigenvalue weighted by Crippen LogP contribution is 2.41. The molecule has 0 bridgehead atoms. The predicted molar refractivity (Wildman–Crippen MR) is 222 cm³/mol. The number of hydrogen-bond donors (Lipinski definition) is 2. The molecule has 3 aliphatic heterocycles. The quantitative estimate of drug-likeness (QED) is 0.206. The fourth-order valence-corrected chi connectivity index (χ4v) is 9.34. The minimum atomic E-state index is -1.47. The van der Waals surface area contributed by atoms with Crippen LogP contribution in [-0.2, 0) is 44.6 Å². The third-order valence-electron chi connectivity index (χ3n) is 12.7. The van der Waals surface area contributed by atoms with E-state index in [0.717, 1.165) is 16.5 Å². The first kappa shape index (κ1) is 45.0. The lowest BCUT2D eigenvalue weighted by molar-refractivity contribution is -0.296. The maximum absolute atomic E-state index is 15.1. The summed E-state index contributed by atoms with van der Waals surface area (Å²) < 4.78 is 33.6. The van der Waals surface area contributed by atoms with E-state index in [9.17, 15) is 19.5 Å². The molecule has 15 heteroatoms. The predicted octanol–water partition coefficient (Wildman–Crippen LogP) is 4.99. The summed E-state index contributed by atoms with van der Waals surface area (Å²) in [5, 5.41) is 15.5. The van der Waals surface area contributed by atoms with Crippen LogP contribution >= 0.6 is 0 Å². The van der Waals surface area contributed by atoms with Crippen molar-refractivity contribution in [2.45, 2.75) is 128 Å². The maximum atomic E-state index is 15.1. The van der Waals surface area contributed by atoms with Crippen LogP contribution in [-0.4, -0.2) is 123 Å². The van der Waals surface area contributed by atoms with Crippen LogP contribution in [0.4, 0.5) is 4.79 Å². The first-order valence-electron chi connectivity index (χ1n) is 21.0. The number of rotatable bonds is 10. The molecule has 60 heavy (non-hydrogen) atoms. The summed E-state index contributed by atoms with van der Waals surface area (Å²) in [6.45, 7) is 12.2. The summed E-state index contributed by atoms with van der Waals surface area (Å²) in [4.78, 5) is 67.5. The molecule has 0 aliphatic carbocycles. The average molecular weight is 832 g/mol. The van der Waals surface area contributed by atoms with E-state index in [1.54, 1.807) is 64.1 Å². The number of esters is 1. The normalized spacial score (nSPS) is 35.9. The third kappa shape index (κ3) is 9.50. The minimum absolute atomic E-state index is 0.0364. The molecule has 2 aromatic heterocycles. The van der Waals surface area contributed by atoms with E-state index in [2.05, 4.69) is 15.3 Å². The number of fused-ring (bicyclic) bond motifs is 2. The molecule has 3 aliphatic rings. The number of ether oxygens (including phenoxy) is 5. The number of benzene rings is 1. The fraction of sp³-hybridized carbons (Fsp3) is 0.600. The van der Waals surface area contributed by atoms with E-state index in [4.69, 9.17) is 23.7 Å². The minimum Gasteiger partial charge on any atom is -0.458 e. The smallest absolute Gasteiger partial charge is 0.408 e. The van der Waals surface area contributed by atoms with Gasteiger partial charge in [0.2, 0.25) is 0 Å². The molecule has 3 aromatic rings. The van der Waals surface area contributed by atoms with Gasteiger partial charge in [0.1, 0.15) is 23.9 Å². The summed E-state index contributed by atoms with van der Waals surface area (Å²) in [7, 11) is 3.74. The van der Waals surface area contributed by atoms with E-state index in [-0.39, 0.29) is 43.9 Å². The number of nitrogens with one attached hydrogen (secondary N) is 1. The van der Waals surface area contributed by atoms with E-state index in [1.165, 1.54) is 6.92 Å². The number of cyclic esters (lactones) is 1. The molecule has 0 saturated carbocycles. The van der Waals surface area contributed by atoms with E-state index in [0.29, 0.717) is 6.42 Å². The zero-order valence-electron chi connectivity index (χ0n) is 36.1. The number of amides is 1. The molecule has 326 valence electrons. The number of alkyl carbamates (subject to hydrolysis) is 1. The lowest BCUT2D eigenvalue weighted by atomic mass is 9.73. The van der Waals surface area contributed by atoms with Crippen LogP contribution in [0.25, 0.3) is 17.0 Å². The summed E-state index contributed by atoms with van der Waals surface area (Å²) >= 11 is 0. The van der Waals surface area contributed by atoms with Gasteiger partial charge in [0, 0.05) is 48.4 Å². The summed E-state index contributed by atoms with van der Waals surface area (Å²) in [6, 6.07) is 8.57. The zero-order chi connectivity index (χ0) is 43.5. The van der Waals surface area contributed by atoms with Crippen molar-refractivity contribution in [2.24, 2.45) is 23.7 Å². The zero-order valence-corrected chi connectivity index (χ0v) is 36.1. The number of nitrogens with zero attached hydrogens (tertiary/aromatic N) is 4. The molecule has 6 rings (SSSR count). The Hall–Kier alpha value is -4.54. The number of aromatic nitrogens is 3. The van der Waals surface area contributed by atoms with Crippen LogP contribution in [0.3, 0.4) is 0 Å². The van der Waals surface area contributed by atoms with Gasteiger partial charge in [-0.15, -0.1) is 0 Å². The van der Waals surface area contributed by atoms with Gasteiger partial charge in [-0.05, 0) is 78.7 Å². The Morgan fingerprint density at radius 3 is 2.53 bits per heavy atom. The van der Waals surface area contributed by atoms with Crippen LogP contribution in [0.5, 0.6) is 0 Å². The summed E-state index contributed by atoms with van der Waals surface area (Å²) in [5.41, 5.74) is -1.17. The summed E-state index contributed by atoms with van der Waals surface area (Å²) in [6.07, 6.45) is 5.75. The molecule has 3 saturated heterocycles. The van der Waals surface area contributed by atoms with Crippen LogP contribution < -0.4 is 5.32 Å². The second-order valence-corrected chi connectivity index (χ2v) is 17.4. The van der Waals surface area contributed by atoms with Gasteiger partial charge in [-0.2, -0.15) is 0 Å². The molecule has 5 heterocycles. The number of hydrogen-bond acceptors (Lipinski definition) is 13. The van der Waals surface area contributed by atoms with Gasteiger partial charge in [-0.3, -0.25) is 19.4 Å². The maximum Gasteiger partial charge on any atom is 0.408 e. The molecule has 0 radical (unpaired) electrons. The van der Waals surface area contributed by atoms with Crippen LogP contribution in [0.1, 0.15) is 73.3 Å². The Labute approximate surface area is 352 Å². The van der Waals surface area contributed by atoms with E-state index in [1.807, 2.05) is 68.4 Å². The molecule has 1 amide bonds. The van der Waals surface area contributed by atoms with E-state index >= 15 is 4.79 Å². The van der Waals surface area contributed by atoms with Gasteiger partial charge >= 0.3 is 12.1 Å². The number of carbonyl (C=O) groups excluding carboxylic acids is 4. The lowest BCUT2D eigenvalue weighted by Gasteiger charge is -2.47. The second-order valence-electron chi connectivity index (χ2n) is 17.4. The average Bonchev–Trinajstić information content (AvgIpc) is 3.85. The third-order valence-corrected chi connectivity index (χ3v) is 12.7. The topological polar surface area (TPSA) is 181 Å². The number of aliphatic hydroxyl groups is 1. The Balaban J connectivity index is 1.43. The molecule has 13 atom stereocenters. The Kier molecular flexibility index (Phi) is 14.0. The number of carbonyl (C=O) groups is 4. The van der Waals surface area contributed by atoms with Gasteiger partial charge in [0.15, 0.2) is 17.7 Å². The molecule has 3 fully saturated rings. The fourth-order valence-electron chi connectivity index (χ4n) is 9.34. The molecular formula is C45H61N5O10. The number of pyridine rings is 1. The Morgan fingerprint density at radius 1 is 1.08 bits per heavy atom. The standard InChI is InChI=1S/C45H61N5O10/c1-10-35-45(7)39(48-43(55)60-45)32(24-50-18-17-46-25-50)36(51)26(2)22-44(6,56-19-13-14-30-21-31-15-11-12-16-33(31)47-23-30)40(28(4)37(52)29(5)41(54)58-35)59-42-38(53)34(49(8)9)20-27(3)57-42/h11-18,21,23,25-29,32,34-35,38-40,42,53H,10,19-20,22,24H2,1-9H3,(H,48,55)/b14-13+/t26-,27-,28+,29-,32+,34+,35-,38-,39-,40-,42+,44+,45-/m1/s1. The largest absolute Gasteiger partial charge is 0.458 e. The van der Waals surface area contributed by atoms with Crippen LogP contribution in [0.15, 0.2) is 61.3 Å². The van der Waals surface area contributed by atoms with Crippen molar-refractivity contribution in [3.8, 4) is 0 Å². The van der Waals surface area contributed by atoms with E-state index < -0.39 is 83.4 Å². The first-order valence-corrected chi connectivity index (χ1v) is 21.0. The SMILES string of the molecule is CC[C@H]1OC(=O)[C@H](C)C(=O)[C@H](C)[C@@H](O[C@@H]2O[C@H](C)C[C@H](N(C)C)[C@H]2O)[C@@](C)(OC/C=C/c2cnc3ccccc3c2)C[C@@H](C)C(=O)[C@H](Cn2ccnc2)[C@H]2NC(=O)O[C@@]21C. The first-order chi connectivity index (χ1) is 28.4. The molecule has 15 nitrogen and oxygen atoms in total. The lowest BCUT2D eigenvalue weighted by Crippen LogP contribution is -2.60. The van der Waals surface area contributed by atoms with Crippen molar-refractivity contribution in [3.05, 3.63) is 66.9 Å². The highest BCUT2D eigenvalue weighted by Gasteiger charge is 2.58. The number of Topliss-reactive ketones (excluding diaryl/α,β-unsaturated/α-hetero) is 2. The molecule has 1 aromatic carbocycles. The number of imidazole rings is 1. The monoisotopic (exact) mass is 831 g/mol. The number of para-hydroxylation sites is 1. The number of ketones is 2. The Morgan fingerprint density at radius 2 is 1.83 bits per heavy atom. The highest BCUT2D eigenvalue weighted by atomic mass is 16.7. The van der Waals surface area contributed by atoms with Gasteiger partial charge in [-0.25, -0.2) is 9.78 Å². The van der Waals surface area contributed by atoms with Crippen molar-refractivity contribution in [2.75, 3.05) is 20.7 Å². The number of likely N-dealkylation sites (N-methyl/N-ethyl adjacent to an activating group) is 1. The Bertz CT molecular complexity index is 2030. The molecule has 0 unspecified atom stereocenters. The van der Waals surface area contributed by atoms with Crippen molar-refractivity contribution in [1.29, 1.82) is 0 Å². The molecule has 2 N–H and O–H groups in total.